The maximum Gasteiger partial charge on any atom is 0.237 e. The molecule has 3 nitrogen and oxygen atoms in total. The Balaban J connectivity index is 1.96. The van der Waals surface area contributed by atoms with Gasteiger partial charge in [0.25, 0.3) is 0 Å². The molecule has 1 aromatic rings. The highest BCUT2D eigenvalue weighted by Crippen LogP contribution is 2.22. The Morgan fingerprint density at radius 1 is 1.35 bits per heavy atom. The van der Waals surface area contributed by atoms with Gasteiger partial charge in [0.15, 0.2) is 0 Å². The lowest BCUT2D eigenvalue weighted by atomic mass is 10.0. The fourth-order valence-corrected chi connectivity index (χ4v) is 2.39. The molecule has 1 amide bonds. The number of rotatable bonds is 7. The van der Waals surface area contributed by atoms with E-state index in [2.05, 4.69) is 17.6 Å². The van der Waals surface area contributed by atoms with Crippen LogP contribution in [-0.2, 0) is 4.79 Å². The zero-order valence-electron chi connectivity index (χ0n) is 12.2. The maximum absolute atomic E-state index is 12.0. The summed E-state index contributed by atoms with van der Waals surface area (Å²) in [5.41, 5.74) is 1.18. The molecule has 20 heavy (non-hydrogen) atoms. The van der Waals surface area contributed by atoms with E-state index in [1.165, 1.54) is 5.56 Å². The normalized spacial score (nSPS) is 17.6. The van der Waals surface area contributed by atoms with Crippen molar-refractivity contribution < 1.29 is 4.79 Å². The van der Waals surface area contributed by atoms with Crippen LogP contribution in [0.3, 0.4) is 0 Å². The van der Waals surface area contributed by atoms with Gasteiger partial charge < -0.3 is 5.32 Å². The smallest absolute Gasteiger partial charge is 0.237 e. The molecule has 0 saturated heterocycles. The molecular weight excluding hydrogens is 272 g/mol. The largest absolute Gasteiger partial charge is 0.352 e. The van der Waals surface area contributed by atoms with Crippen molar-refractivity contribution in [1.29, 1.82) is 0 Å². The Morgan fingerprint density at radius 3 is 2.55 bits per heavy atom. The molecular formula is C16H23ClN2O. The molecule has 4 heteroatoms. The third-order valence-electron chi connectivity index (χ3n) is 3.62. The topological polar surface area (TPSA) is 41.1 Å². The van der Waals surface area contributed by atoms with Crippen molar-refractivity contribution in [2.24, 2.45) is 0 Å². The standard InChI is InChI=1S/C16H23ClN2O/c1-3-4-15(12-5-7-13(17)8-6-12)18-11(2)16(20)19-14-9-10-14/h5-8,11,14-15,18H,3-4,9-10H2,1-2H3,(H,19,20). The summed E-state index contributed by atoms with van der Waals surface area (Å²) >= 11 is 5.93. The highest BCUT2D eigenvalue weighted by Gasteiger charge is 2.26. The molecule has 1 saturated carbocycles. The van der Waals surface area contributed by atoms with Gasteiger partial charge in [0.05, 0.1) is 6.04 Å². The van der Waals surface area contributed by atoms with Crippen LogP contribution < -0.4 is 10.6 Å². The minimum Gasteiger partial charge on any atom is -0.352 e. The summed E-state index contributed by atoms with van der Waals surface area (Å²) in [7, 11) is 0. The Kier molecular flexibility index (Phi) is 5.44. The van der Waals surface area contributed by atoms with Gasteiger partial charge in [-0.15, -0.1) is 0 Å². The van der Waals surface area contributed by atoms with Crippen LogP contribution in [0.5, 0.6) is 0 Å². The van der Waals surface area contributed by atoms with E-state index in [-0.39, 0.29) is 18.0 Å². The van der Waals surface area contributed by atoms with Crippen LogP contribution >= 0.6 is 11.6 Å². The zero-order valence-corrected chi connectivity index (χ0v) is 12.9. The summed E-state index contributed by atoms with van der Waals surface area (Å²) in [4.78, 5) is 12.0. The Hall–Kier alpha value is -1.06. The van der Waals surface area contributed by atoms with E-state index in [0.717, 1.165) is 30.7 Å². The van der Waals surface area contributed by atoms with Crippen molar-refractivity contribution in [2.45, 2.75) is 57.7 Å². The van der Waals surface area contributed by atoms with Crippen LogP contribution in [0.15, 0.2) is 24.3 Å². The fraction of sp³-hybridized carbons (Fsp3) is 0.562. The molecule has 1 aliphatic rings. The van der Waals surface area contributed by atoms with E-state index < -0.39 is 0 Å². The molecule has 2 unspecified atom stereocenters. The molecule has 2 atom stereocenters. The van der Waals surface area contributed by atoms with Crippen LogP contribution in [0.1, 0.15) is 51.1 Å². The van der Waals surface area contributed by atoms with Crippen LogP contribution in [0.4, 0.5) is 0 Å². The van der Waals surface area contributed by atoms with Crippen molar-refractivity contribution >= 4 is 17.5 Å². The number of benzene rings is 1. The molecule has 110 valence electrons. The molecule has 0 aliphatic heterocycles. The van der Waals surface area contributed by atoms with Gasteiger partial charge in [0.1, 0.15) is 0 Å². The minimum atomic E-state index is -0.178. The molecule has 0 aromatic heterocycles. The lowest BCUT2D eigenvalue weighted by molar-refractivity contribution is -0.123. The van der Waals surface area contributed by atoms with Crippen LogP contribution in [-0.4, -0.2) is 18.0 Å². The highest BCUT2D eigenvalue weighted by atomic mass is 35.5. The van der Waals surface area contributed by atoms with E-state index in [4.69, 9.17) is 11.6 Å². The minimum absolute atomic E-state index is 0.0996. The van der Waals surface area contributed by atoms with Crippen molar-refractivity contribution in [3.8, 4) is 0 Å². The van der Waals surface area contributed by atoms with E-state index >= 15 is 0 Å². The van der Waals surface area contributed by atoms with E-state index in [9.17, 15) is 4.79 Å². The number of carbonyl (C=O) groups excluding carboxylic acids is 1. The predicted molar refractivity (Wildman–Crippen MR) is 82.9 cm³/mol. The van der Waals surface area contributed by atoms with Gasteiger partial charge in [0.2, 0.25) is 5.91 Å². The van der Waals surface area contributed by atoms with Crippen molar-refractivity contribution in [2.75, 3.05) is 0 Å². The molecule has 0 spiro atoms. The number of amides is 1. The second-order valence-electron chi connectivity index (χ2n) is 5.56. The molecule has 2 rings (SSSR count). The van der Waals surface area contributed by atoms with Gasteiger partial charge in [-0.25, -0.2) is 0 Å². The average molecular weight is 295 g/mol. The summed E-state index contributed by atoms with van der Waals surface area (Å²) in [5.74, 6) is 0.0996. The Bertz CT molecular complexity index is 442. The second-order valence-corrected chi connectivity index (χ2v) is 6.00. The first kappa shape index (κ1) is 15.3. The van der Waals surface area contributed by atoms with Gasteiger partial charge in [-0.1, -0.05) is 37.1 Å². The van der Waals surface area contributed by atoms with Gasteiger partial charge in [-0.2, -0.15) is 0 Å². The summed E-state index contributed by atoms with van der Waals surface area (Å²) in [6.45, 7) is 4.08. The van der Waals surface area contributed by atoms with Crippen LogP contribution in [0.2, 0.25) is 5.02 Å². The number of hydrogen-bond acceptors (Lipinski definition) is 2. The van der Waals surface area contributed by atoms with Gasteiger partial charge in [0, 0.05) is 17.1 Å². The maximum atomic E-state index is 12.0. The highest BCUT2D eigenvalue weighted by molar-refractivity contribution is 6.30. The first-order valence-electron chi connectivity index (χ1n) is 7.42. The van der Waals surface area contributed by atoms with Crippen molar-refractivity contribution in [1.82, 2.24) is 10.6 Å². The molecule has 0 heterocycles. The van der Waals surface area contributed by atoms with Gasteiger partial charge >= 0.3 is 0 Å². The summed E-state index contributed by atoms with van der Waals surface area (Å²) in [5, 5.41) is 7.21. The molecule has 2 N–H and O–H groups in total. The second kappa shape index (κ2) is 7.09. The molecule has 0 bridgehead atoms. The number of carbonyl (C=O) groups is 1. The number of halogens is 1. The average Bonchev–Trinajstić information content (AvgIpc) is 3.23. The predicted octanol–water partition coefficient (Wildman–Crippen LogP) is 3.44. The van der Waals surface area contributed by atoms with Crippen molar-refractivity contribution in [3.05, 3.63) is 34.9 Å². The summed E-state index contributed by atoms with van der Waals surface area (Å²) < 4.78 is 0. The molecule has 1 aliphatic carbocycles. The first-order chi connectivity index (χ1) is 9.60. The third-order valence-corrected chi connectivity index (χ3v) is 3.87. The van der Waals surface area contributed by atoms with Gasteiger partial charge in [-0.3, -0.25) is 10.1 Å². The van der Waals surface area contributed by atoms with Crippen LogP contribution in [0.25, 0.3) is 0 Å². The van der Waals surface area contributed by atoms with Crippen molar-refractivity contribution in [3.63, 3.8) is 0 Å². The lowest BCUT2D eigenvalue weighted by Crippen LogP contribution is -2.44. The first-order valence-corrected chi connectivity index (χ1v) is 7.80. The van der Waals surface area contributed by atoms with E-state index in [0.29, 0.717) is 6.04 Å². The third kappa shape index (κ3) is 4.50. The molecule has 0 radical (unpaired) electrons. The van der Waals surface area contributed by atoms with Crippen LogP contribution in [0, 0.1) is 0 Å². The summed E-state index contributed by atoms with van der Waals surface area (Å²) in [6.07, 6.45) is 4.31. The summed E-state index contributed by atoms with van der Waals surface area (Å²) in [6, 6.07) is 8.28. The van der Waals surface area contributed by atoms with E-state index in [1.807, 2.05) is 31.2 Å². The molecule has 1 aromatic carbocycles. The number of nitrogens with one attached hydrogen (secondary N) is 2. The number of hydrogen-bond donors (Lipinski definition) is 2. The zero-order chi connectivity index (χ0) is 14.5. The Morgan fingerprint density at radius 2 is 2.00 bits per heavy atom. The Labute approximate surface area is 126 Å². The van der Waals surface area contributed by atoms with Gasteiger partial charge in [-0.05, 0) is 43.9 Å². The monoisotopic (exact) mass is 294 g/mol. The lowest BCUT2D eigenvalue weighted by Gasteiger charge is -2.23. The quantitative estimate of drug-likeness (QED) is 0.809. The SMILES string of the molecule is CCCC(NC(C)C(=O)NC1CC1)c1ccc(Cl)cc1. The van der Waals surface area contributed by atoms with E-state index in [1.54, 1.807) is 0 Å². The molecule has 1 fully saturated rings. The fourth-order valence-electron chi connectivity index (χ4n) is 2.26.